The fourth-order valence-corrected chi connectivity index (χ4v) is 2.41. The Morgan fingerprint density at radius 1 is 1.40 bits per heavy atom. The number of aromatic nitrogens is 3. The molecule has 1 heterocycles. The van der Waals surface area contributed by atoms with Crippen LogP contribution in [0.25, 0.3) is 0 Å². The van der Waals surface area contributed by atoms with Gasteiger partial charge in [0.1, 0.15) is 0 Å². The van der Waals surface area contributed by atoms with Crippen LogP contribution < -0.4 is 0 Å². The fraction of sp³-hybridized carbons (Fsp3) is 0.357. The highest BCUT2D eigenvalue weighted by molar-refractivity contribution is 9.10. The van der Waals surface area contributed by atoms with Crippen LogP contribution in [0.1, 0.15) is 35.6 Å². The van der Waals surface area contributed by atoms with Crippen LogP contribution in [0.3, 0.4) is 0 Å². The first-order valence-electron chi connectivity index (χ1n) is 6.38. The van der Waals surface area contributed by atoms with E-state index in [1.165, 1.54) is 0 Å². The van der Waals surface area contributed by atoms with E-state index in [9.17, 15) is 9.90 Å². The molecule has 106 valence electrons. The van der Waals surface area contributed by atoms with Crippen LogP contribution in [-0.2, 0) is 13.0 Å². The van der Waals surface area contributed by atoms with E-state index in [2.05, 4.69) is 26.2 Å². The van der Waals surface area contributed by atoms with Crippen molar-refractivity contribution in [3.8, 4) is 0 Å². The van der Waals surface area contributed by atoms with Crippen LogP contribution in [0.4, 0.5) is 0 Å². The number of carboxylic acids is 1. The van der Waals surface area contributed by atoms with Crippen molar-refractivity contribution >= 4 is 21.9 Å². The topological polar surface area (TPSA) is 68.0 Å². The molecule has 1 aromatic carbocycles. The SMILES string of the molecule is CC(C)Cc1c(C(=O)O)nnn1Cc1ccccc1Br. The van der Waals surface area contributed by atoms with Gasteiger partial charge in [0, 0.05) is 4.47 Å². The van der Waals surface area contributed by atoms with Crippen molar-refractivity contribution in [2.24, 2.45) is 5.92 Å². The fourth-order valence-electron chi connectivity index (χ4n) is 2.00. The lowest BCUT2D eigenvalue weighted by Crippen LogP contribution is -2.12. The van der Waals surface area contributed by atoms with Gasteiger partial charge in [-0.15, -0.1) is 5.10 Å². The van der Waals surface area contributed by atoms with E-state index in [4.69, 9.17) is 0 Å². The Bertz CT molecular complexity index is 623. The van der Waals surface area contributed by atoms with Gasteiger partial charge in [-0.05, 0) is 24.0 Å². The second-order valence-corrected chi connectivity index (χ2v) is 5.89. The quantitative estimate of drug-likeness (QED) is 0.910. The van der Waals surface area contributed by atoms with Gasteiger partial charge in [-0.3, -0.25) is 0 Å². The first-order valence-corrected chi connectivity index (χ1v) is 7.17. The first kappa shape index (κ1) is 14.7. The number of halogens is 1. The van der Waals surface area contributed by atoms with Crippen molar-refractivity contribution in [2.75, 3.05) is 0 Å². The summed E-state index contributed by atoms with van der Waals surface area (Å²) in [6.45, 7) is 4.59. The molecule has 0 spiro atoms. The minimum Gasteiger partial charge on any atom is -0.476 e. The van der Waals surface area contributed by atoms with Crippen molar-refractivity contribution in [2.45, 2.75) is 26.8 Å². The van der Waals surface area contributed by atoms with Crippen molar-refractivity contribution in [3.63, 3.8) is 0 Å². The summed E-state index contributed by atoms with van der Waals surface area (Å²) in [6, 6.07) is 7.81. The molecule has 1 aromatic heterocycles. The molecule has 0 aliphatic carbocycles. The number of nitrogens with zero attached hydrogens (tertiary/aromatic N) is 3. The number of benzene rings is 1. The number of hydrogen-bond acceptors (Lipinski definition) is 3. The van der Waals surface area contributed by atoms with Crippen LogP contribution in [0, 0.1) is 5.92 Å². The molecular formula is C14H16BrN3O2. The summed E-state index contributed by atoms with van der Waals surface area (Å²) in [7, 11) is 0. The second kappa shape index (κ2) is 6.17. The number of hydrogen-bond donors (Lipinski definition) is 1. The molecule has 0 radical (unpaired) electrons. The first-order chi connectivity index (χ1) is 9.49. The third kappa shape index (κ3) is 3.25. The lowest BCUT2D eigenvalue weighted by molar-refractivity contribution is 0.0689. The molecular weight excluding hydrogens is 322 g/mol. The van der Waals surface area contributed by atoms with Crippen LogP contribution in [-0.4, -0.2) is 26.1 Å². The maximum atomic E-state index is 11.2. The van der Waals surface area contributed by atoms with Crippen LogP contribution in [0.15, 0.2) is 28.7 Å². The summed E-state index contributed by atoms with van der Waals surface area (Å²) in [5, 5.41) is 17.0. The summed E-state index contributed by atoms with van der Waals surface area (Å²) >= 11 is 3.49. The molecule has 0 saturated carbocycles. The van der Waals surface area contributed by atoms with Gasteiger partial charge in [0.25, 0.3) is 0 Å². The normalized spacial score (nSPS) is 11.0. The van der Waals surface area contributed by atoms with E-state index < -0.39 is 5.97 Å². The van der Waals surface area contributed by atoms with Gasteiger partial charge < -0.3 is 5.11 Å². The van der Waals surface area contributed by atoms with Gasteiger partial charge >= 0.3 is 5.97 Å². The average Bonchev–Trinajstić information content (AvgIpc) is 2.75. The number of carboxylic acid groups (broad SMARTS) is 1. The second-order valence-electron chi connectivity index (χ2n) is 5.04. The van der Waals surface area contributed by atoms with E-state index in [1.807, 2.05) is 38.1 Å². The zero-order valence-corrected chi connectivity index (χ0v) is 13.0. The highest BCUT2D eigenvalue weighted by Gasteiger charge is 2.20. The van der Waals surface area contributed by atoms with Gasteiger partial charge in [-0.25, -0.2) is 9.48 Å². The summed E-state index contributed by atoms with van der Waals surface area (Å²) in [5.74, 6) is -0.691. The molecule has 0 aliphatic heterocycles. The summed E-state index contributed by atoms with van der Waals surface area (Å²) in [5.41, 5.74) is 1.76. The molecule has 0 bridgehead atoms. The third-order valence-corrected chi connectivity index (χ3v) is 3.69. The monoisotopic (exact) mass is 337 g/mol. The molecule has 2 rings (SSSR count). The Morgan fingerprint density at radius 2 is 2.10 bits per heavy atom. The zero-order valence-electron chi connectivity index (χ0n) is 11.4. The van der Waals surface area contributed by atoms with Crippen LogP contribution in [0.2, 0.25) is 0 Å². The standard InChI is InChI=1S/C14H16BrN3O2/c1-9(2)7-12-13(14(19)20)16-17-18(12)8-10-5-3-4-6-11(10)15/h3-6,9H,7-8H2,1-2H3,(H,19,20). The van der Waals surface area contributed by atoms with Crippen LogP contribution in [0.5, 0.6) is 0 Å². The zero-order chi connectivity index (χ0) is 14.7. The molecule has 5 nitrogen and oxygen atoms in total. The number of carbonyl (C=O) groups is 1. The Balaban J connectivity index is 2.36. The van der Waals surface area contributed by atoms with Crippen LogP contribution >= 0.6 is 15.9 Å². The van der Waals surface area contributed by atoms with E-state index >= 15 is 0 Å². The predicted molar refractivity (Wildman–Crippen MR) is 78.8 cm³/mol. The van der Waals surface area contributed by atoms with Crippen molar-refractivity contribution in [1.29, 1.82) is 0 Å². The van der Waals surface area contributed by atoms with Crippen molar-refractivity contribution in [3.05, 3.63) is 45.7 Å². The van der Waals surface area contributed by atoms with Gasteiger partial charge in [0.2, 0.25) is 0 Å². The summed E-state index contributed by atoms with van der Waals surface area (Å²) in [6.07, 6.45) is 0.638. The van der Waals surface area contributed by atoms with Crippen molar-refractivity contribution < 1.29 is 9.90 Å². The average molecular weight is 338 g/mol. The minimum absolute atomic E-state index is 0.0470. The van der Waals surface area contributed by atoms with Gasteiger partial charge in [0.05, 0.1) is 12.2 Å². The lowest BCUT2D eigenvalue weighted by atomic mass is 10.1. The molecule has 1 N–H and O–H groups in total. The Morgan fingerprint density at radius 3 is 2.70 bits per heavy atom. The Kier molecular flexibility index (Phi) is 4.54. The van der Waals surface area contributed by atoms with Gasteiger partial charge in [-0.1, -0.05) is 53.2 Å². The largest absolute Gasteiger partial charge is 0.476 e. The molecule has 0 saturated heterocycles. The number of rotatable bonds is 5. The van der Waals surface area contributed by atoms with Gasteiger partial charge in [-0.2, -0.15) is 0 Å². The molecule has 0 unspecified atom stereocenters. The molecule has 0 atom stereocenters. The summed E-state index contributed by atoms with van der Waals surface area (Å²) in [4.78, 5) is 11.2. The molecule has 0 aliphatic rings. The maximum Gasteiger partial charge on any atom is 0.358 e. The molecule has 0 amide bonds. The third-order valence-electron chi connectivity index (χ3n) is 2.92. The number of aromatic carboxylic acids is 1. The van der Waals surface area contributed by atoms with E-state index in [0.717, 1.165) is 10.0 Å². The predicted octanol–water partition coefficient (Wildman–Crippen LogP) is 2.99. The molecule has 20 heavy (non-hydrogen) atoms. The highest BCUT2D eigenvalue weighted by Crippen LogP contribution is 2.19. The van der Waals surface area contributed by atoms with Gasteiger partial charge in [0.15, 0.2) is 5.69 Å². The smallest absolute Gasteiger partial charge is 0.358 e. The van der Waals surface area contributed by atoms with E-state index in [-0.39, 0.29) is 5.69 Å². The minimum atomic E-state index is -1.03. The summed E-state index contributed by atoms with van der Waals surface area (Å²) < 4.78 is 2.65. The lowest BCUT2D eigenvalue weighted by Gasteiger charge is -2.10. The van der Waals surface area contributed by atoms with E-state index in [0.29, 0.717) is 24.6 Å². The molecule has 2 aromatic rings. The Labute approximate surface area is 125 Å². The highest BCUT2D eigenvalue weighted by atomic mass is 79.9. The van der Waals surface area contributed by atoms with E-state index in [1.54, 1.807) is 4.68 Å². The molecule has 0 fully saturated rings. The van der Waals surface area contributed by atoms with Crippen molar-refractivity contribution in [1.82, 2.24) is 15.0 Å². The maximum absolute atomic E-state index is 11.2. The Hall–Kier alpha value is -1.69. The molecule has 6 heteroatoms.